The SMILES string of the molecule is Nc1cc(Br)cc(C(=O)Cc2cn3ccsc3n2)c1. The Kier molecular flexibility index (Phi) is 3.12. The maximum absolute atomic E-state index is 12.2. The van der Waals surface area contributed by atoms with Crippen LogP contribution in [0.5, 0.6) is 0 Å². The second-order valence-corrected chi connectivity index (χ2v) is 5.99. The minimum Gasteiger partial charge on any atom is -0.399 e. The van der Waals surface area contributed by atoms with Crippen LogP contribution in [0.25, 0.3) is 4.96 Å². The fraction of sp³-hybridized carbons (Fsp3) is 0.0769. The average Bonchev–Trinajstić information content (AvgIpc) is 2.88. The second kappa shape index (κ2) is 4.79. The number of carbonyl (C=O) groups is 1. The summed E-state index contributed by atoms with van der Waals surface area (Å²) in [4.78, 5) is 17.5. The normalized spacial score (nSPS) is 11.0. The molecule has 2 heterocycles. The molecule has 0 saturated carbocycles. The first-order valence-corrected chi connectivity index (χ1v) is 7.29. The van der Waals surface area contributed by atoms with E-state index >= 15 is 0 Å². The van der Waals surface area contributed by atoms with E-state index in [4.69, 9.17) is 5.73 Å². The zero-order valence-electron chi connectivity index (χ0n) is 9.84. The van der Waals surface area contributed by atoms with E-state index < -0.39 is 0 Å². The summed E-state index contributed by atoms with van der Waals surface area (Å²) in [5.41, 5.74) is 7.68. The smallest absolute Gasteiger partial charge is 0.193 e. The third kappa shape index (κ3) is 2.54. The predicted octanol–water partition coefficient (Wildman–Crippen LogP) is 3.17. The summed E-state index contributed by atoms with van der Waals surface area (Å²) in [7, 11) is 0. The Morgan fingerprint density at radius 3 is 3.00 bits per heavy atom. The molecule has 0 fully saturated rings. The Bertz CT molecular complexity index is 713. The number of ketones is 1. The number of thiazole rings is 1. The third-order valence-electron chi connectivity index (χ3n) is 2.73. The van der Waals surface area contributed by atoms with Crippen molar-refractivity contribution < 1.29 is 4.79 Å². The van der Waals surface area contributed by atoms with Gasteiger partial charge in [-0.15, -0.1) is 11.3 Å². The second-order valence-electron chi connectivity index (χ2n) is 4.20. The van der Waals surface area contributed by atoms with Crippen LogP contribution < -0.4 is 5.73 Å². The molecule has 19 heavy (non-hydrogen) atoms. The number of imidazole rings is 1. The van der Waals surface area contributed by atoms with Gasteiger partial charge in [-0.05, 0) is 18.2 Å². The maximum Gasteiger partial charge on any atom is 0.193 e. The van der Waals surface area contributed by atoms with Crippen LogP contribution in [-0.4, -0.2) is 15.2 Å². The number of hydrogen-bond acceptors (Lipinski definition) is 4. The van der Waals surface area contributed by atoms with Gasteiger partial charge in [-0.1, -0.05) is 15.9 Å². The molecule has 1 aromatic carbocycles. The molecule has 96 valence electrons. The van der Waals surface area contributed by atoms with Crippen molar-refractivity contribution in [1.82, 2.24) is 9.38 Å². The molecule has 0 aliphatic heterocycles. The maximum atomic E-state index is 12.2. The van der Waals surface area contributed by atoms with Crippen molar-refractivity contribution in [3.63, 3.8) is 0 Å². The highest BCUT2D eigenvalue weighted by Gasteiger charge is 2.11. The van der Waals surface area contributed by atoms with Gasteiger partial charge in [0.2, 0.25) is 0 Å². The fourth-order valence-electron chi connectivity index (χ4n) is 1.90. The molecule has 0 spiro atoms. The highest BCUT2D eigenvalue weighted by Crippen LogP contribution is 2.19. The first-order valence-electron chi connectivity index (χ1n) is 5.62. The number of nitrogens with two attached hydrogens (primary N) is 1. The van der Waals surface area contributed by atoms with Crippen molar-refractivity contribution in [2.45, 2.75) is 6.42 Å². The topological polar surface area (TPSA) is 60.4 Å². The van der Waals surface area contributed by atoms with Gasteiger partial charge in [0, 0.05) is 33.5 Å². The lowest BCUT2D eigenvalue weighted by Gasteiger charge is -2.02. The molecule has 3 rings (SSSR count). The third-order valence-corrected chi connectivity index (χ3v) is 3.96. The first-order chi connectivity index (χ1) is 9.11. The van der Waals surface area contributed by atoms with E-state index in [9.17, 15) is 4.79 Å². The summed E-state index contributed by atoms with van der Waals surface area (Å²) in [6.45, 7) is 0. The van der Waals surface area contributed by atoms with Gasteiger partial charge >= 0.3 is 0 Å². The van der Waals surface area contributed by atoms with Crippen LogP contribution in [-0.2, 0) is 6.42 Å². The van der Waals surface area contributed by atoms with Crippen LogP contribution in [0.4, 0.5) is 5.69 Å². The van der Waals surface area contributed by atoms with E-state index in [1.807, 2.05) is 22.2 Å². The van der Waals surface area contributed by atoms with Crippen LogP contribution in [0.3, 0.4) is 0 Å². The molecule has 0 aliphatic rings. The van der Waals surface area contributed by atoms with Gasteiger partial charge < -0.3 is 5.73 Å². The van der Waals surface area contributed by atoms with Gasteiger partial charge in [-0.25, -0.2) is 4.98 Å². The molecule has 0 radical (unpaired) electrons. The number of rotatable bonds is 3. The van der Waals surface area contributed by atoms with Crippen molar-refractivity contribution in [3.8, 4) is 0 Å². The number of nitrogens with zero attached hydrogens (tertiary/aromatic N) is 2. The van der Waals surface area contributed by atoms with Crippen molar-refractivity contribution in [2.75, 3.05) is 5.73 Å². The Morgan fingerprint density at radius 1 is 1.42 bits per heavy atom. The predicted molar refractivity (Wildman–Crippen MR) is 79.7 cm³/mol. The molecule has 2 aromatic heterocycles. The van der Waals surface area contributed by atoms with Gasteiger partial charge in [0.25, 0.3) is 0 Å². The summed E-state index contributed by atoms with van der Waals surface area (Å²) in [6.07, 6.45) is 4.09. The van der Waals surface area contributed by atoms with Crippen LogP contribution in [0.1, 0.15) is 16.1 Å². The van der Waals surface area contributed by atoms with Gasteiger partial charge in [0.05, 0.1) is 12.1 Å². The molecule has 0 amide bonds. The highest BCUT2D eigenvalue weighted by molar-refractivity contribution is 9.10. The monoisotopic (exact) mass is 335 g/mol. The number of aromatic nitrogens is 2. The summed E-state index contributed by atoms with van der Waals surface area (Å²) in [5, 5.41) is 1.96. The quantitative estimate of drug-likeness (QED) is 0.590. The largest absolute Gasteiger partial charge is 0.399 e. The summed E-state index contributed by atoms with van der Waals surface area (Å²) >= 11 is 4.89. The Labute approximate surface area is 122 Å². The van der Waals surface area contributed by atoms with Crippen molar-refractivity contribution in [2.24, 2.45) is 0 Å². The number of halogens is 1. The lowest BCUT2D eigenvalue weighted by molar-refractivity contribution is 0.0992. The Hall–Kier alpha value is -1.66. The zero-order chi connectivity index (χ0) is 13.4. The van der Waals surface area contributed by atoms with Crippen LogP contribution in [0, 0.1) is 0 Å². The Morgan fingerprint density at radius 2 is 2.26 bits per heavy atom. The fourth-order valence-corrected chi connectivity index (χ4v) is 3.13. The van der Waals surface area contributed by atoms with E-state index in [1.165, 1.54) is 0 Å². The minimum atomic E-state index is 0.0127. The van der Waals surface area contributed by atoms with Crippen molar-refractivity contribution in [3.05, 3.63) is 51.7 Å². The Balaban J connectivity index is 1.86. The van der Waals surface area contributed by atoms with Gasteiger partial charge in [-0.3, -0.25) is 9.20 Å². The number of anilines is 1. The molecule has 0 aliphatic carbocycles. The van der Waals surface area contributed by atoms with Crippen molar-refractivity contribution >= 4 is 43.7 Å². The molecule has 6 heteroatoms. The molecule has 0 unspecified atom stereocenters. The molecule has 0 saturated heterocycles. The number of carbonyl (C=O) groups excluding carboxylic acids is 1. The standard InChI is InChI=1S/C13H10BrN3OS/c14-9-3-8(4-10(15)5-9)12(18)6-11-7-17-1-2-19-13(17)16-11/h1-5,7H,6,15H2. The van der Waals surface area contributed by atoms with Gasteiger partial charge in [0.15, 0.2) is 10.7 Å². The molecular formula is C13H10BrN3OS. The first kappa shape index (κ1) is 12.4. The minimum absolute atomic E-state index is 0.0127. The van der Waals surface area contributed by atoms with E-state index in [2.05, 4.69) is 20.9 Å². The van der Waals surface area contributed by atoms with E-state index in [1.54, 1.807) is 29.5 Å². The lowest BCUT2D eigenvalue weighted by atomic mass is 10.1. The summed E-state index contributed by atoms with van der Waals surface area (Å²) in [5.74, 6) is 0.0127. The highest BCUT2D eigenvalue weighted by atomic mass is 79.9. The molecule has 0 atom stereocenters. The molecule has 4 nitrogen and oxygen atoms in total. The van der Waals surface area contributed by atoms with Crippen LogP contribution >= 0.6 is 27.3 Å². The summed E-state index contributed by atoms with van der Waals surface area (Å²) < 4.78 is 2.73. The van der Waals surface area contributed by atoms with Crippen molar-refractivity contribution in [1.29, 1.82) is 0 Å². The van der Waals surface area contributed by atoms with E-state index in [0.29, 0.717) is 11.3 Å². The molecule has 0 bridgehead atoms. The number of benzene rings is 1. The number of hydrogen-bond donors (Lipinski definition) is 1. The average molecular weight is 336 g/mol. The lowest BCUT2D eigenvalue weighted by Crippen LogP contribution is -2.04. The number of Topliss-reactive ketones (excluding diaryl/α,β-unsaturated/α-hetero) is 1. The molecular weight excluding hydrogens is 326 g/mol. The van der Waals surface area contributed by atoms with Gasteiger partial charge in [-0.2, -0.15) is 0 Å². The van der Waals surface area contributed by atoms with E-state index in [0.717, 1.165) is 15.1 Å². The molecule has 2 N–H and O–H groups in total. The summed E-state index contributed by atoms with van der Waals surface area (Å²) in [6, 6.07) is 5.23. The van der Waals surface area contributed by atoms with Gasteiger partial charge in [0.1, 0.15) is 0 Å². The number of fused-ring (bicyclic) bond motifs is 1. The van der Waals surface area contributed by atoms with Crippen LogP contribution in [0.2, 0.25) is 0 Å². The van der Waals surface area contributed by atoms with Crippen LogP contribution in [0.15, 0.2) is 40.4 Å². The number of nitrogen functional groups attached to an aromatic ring is 1. The zero-order valence-corrected chi connectivity index (χ0v) is 12.2. The molecule has 3 aromatic rings. The van der Waals surface area contributed by atoms with E-state index in [-0.39, 0.29) is 12.2 Å².